The number of nitrogens with two attached hydrogens (primary N) is 2. The smallest absolute Gasteiger partial charge is 0.322 e. The molecule has 0 aromatic rings. The highest BCUT2D eigenvalue weighted by Gasteiger charge is 2.28. The molecule has 0 aromatic carbocycles. The van der Waals surface area contributed by atoms with Gasteiger partial charge >= 0.3 is 11.9 Å². The molecule has 13 nitrogen and oxygen atoms in total. The van der Waals surface area contributed by atoms with E-state index in [2.05, 4.69) is 10.6 Å². The molecule has 0 saturated carbocycles. The summed E-state index contributed by atoms with van der Waals surface area (Å²) in [6.07, 6.45) is -1.39. The quantitative estimate of drug-likeness (QED) is 0.175. The Labute approximate surface area is 147 Å². The summed E-state index contributed by atoms with van der Waals surface area (Å²) in [4.78, 5) is 67.7. The van der Waals surface area contributed by atoms with Gasteiger partial charge in [-0.05, 0) is 6.42 Å². The second kappa shape index (κ2) is 11.4. The number of hydrogen-bond acceptors (Lipinski definition) is 7. The van der Waals surface area contributed by atoms with Crippen molar-refractivity contribution in [2.75, 3.05) is 13.1 Å². The largest absolute Gasteiger partial charge is 0.481 e. The maximum atomic E-state index is 12.2. The molecule has 0 rings (SSSR count). The van der Waals surface area contributed by atoms with Gasteiger partial charge in [0, 0.05) is 6.42 Å². The first-order valence-corrected chi connectivity index (χ1v) is 7.36. The van der Waals surface area contributed by atoms with Crippen molar-refractivity contribution in [2.24, 2.45) is 11.5 Å². The van der Waals surface area contributed by atoms with E-state index in [1.807, 2.05) is 5.32 Å². The van der Waals surface area contributed by atoms with E-state index in [1.54, 1.807) is 0 Å². The SMILES string of the molecule is NCC(=O)NC(CCC(=O)O)C(=O)NC(CC(N)=O)C(=O)NCC(=O)O. The lowest BCUT2D eigenvalue weighted by Gasteiger charge is -2.22. The van der Waals surface area contributed by atoms with Gasteiger partial charge in [0.2, 0.25) is 23.6 Å². The molecule has 0 aromatic heterocycles. The lowest BCUT2D eigenvalue weighted by Crippen LogP contribution is -2.55. The molecule has 146 valence electrons. The van der Waals surface area contributed by atoms with Crippen LogP contribution in [0.3, 0.4) is 0 Å². The molecule has 2 atom stereocenters. The molecule has 0 aliphatic heterocycles. The minimum absolute atomic E-state index is 0.299. The van der Waals surface area contributed by atoms with Gasteiger partial charge in [0.25, 0.3) is 0 Å². The molecule has 2 unspecified atom stereocenters. The summed E-state index contributed by atoms with van der Waals surface area (Å²) in [6, 6.07) is -2.83. The van der Waals surface area contributed by atoms with Gasteiger partial charge in [-0.3, -0.25) is 28.8 Å². The Morgan fingerprint density at radius 3 is 1.96 bits per heavy atom. The average molecular weight is 375 g/mol. The molecule has 0 radical (unpaired) electrons. The molecule has 0 saturated heterocycles. The van der Waals surface area contributed by atoms with E-state index < -0.39 is 73.6 Å². The number of rotatable bonds is 12. The summed E-state index contributed by atoms with van der Waals surface area (Å²) >= 11 is 0. The van der Waals surface area contributed by atoms with Crippen LogP contribution < -0.4 is 27.4 Å². The van der Waals surface area contributed by atoms with Crippen LogP contribution in [0.5, 0.6) is 0 Å². The van der Waals surface area contributed by atoms with Crippen LogP contribution in [0.4, 0.5) is 0 Å². The van der Waals surface area contributed by atoms with Gasteiger partial charge in [0.15, 0.2) is 0 Å². The Morgan fingerprint density at radius 1 is 0.885 bits per heavy atom. The first-order valence-electron chi connectivity index (χ1n) is 7.36. The number of hydrogen-bond donors (Lipinski definition) is 7. The van der Waals surface area contributed by atoms with Crippen LogP contribution in [-0.2, 0) is 28.8 Å². The average Bonchev–Trinajstić information content (AvgIpc) is 2.54. The van der Waals surface area contributed by atoms with Gasteiger partial charge in [-0.2, -0.15) is 0 Å². The van der Waals surface area contributed by atoms with E-state index in [0.717, 1.165) is 0 Å². The second-order valence-electron chi connectivity index (χ2n) is 5.10. The fraction of sp³-hybridized carbons (Fsp3) is 0.538. The van der Waals surface area contributed by atoms with Crippen LogP contribution in [0.2, 0.25) is 0 Å². The van der Waals surface area contributed by atoms with E-state index in [4.69, 9.17) is 21.7 Å². The first-order chi connectivity index (χ1) is 12.1. The predicted molar refractivity (Wildman–Crippen MR) is 84.2 cm³/mol. The van der Waals surface area contributed by atoms with Crippen molar-refractivity contribution in [3.63, 3.8) is 0 Å². The zero-order chi connectivity index (χ0) is 20.3. The van der Waals surface area contributed by atoms with Crippen molar-refractivity contribution in [3.8, 4) is 0 Å². The molecule has 0 aliphatic carbocycles. The minimum Gasteiger partial charge on any atom is -0.481 e. The Bertz CT molecular complexity index is 579. The Kier molecular flexibility index (Phi) is 9.95. The van der Waals surface area contributed by atoms with E-state index in [0.29, 0.717) is 0 Å². The number of primary amides is 1. The molecule has 0 fully saturated rings. The molecule has 9 N–H and O–H groups in total. The van der Waals surface area contributed by atoms with Crippen LogP contribution in [0, 0.1) is 0 Å². The molecule has 0 spiro atoms. The summed E-state index contributed by atoms with van der Waals surface area (Å²) in [7, 11) is 0. The zero-order valence-electron chi connectivity index (χ0n) is 13.7. The zero-order valence-corrected chi connectivity index (χ0v) is 13.7. The normalized spacial score (nSPS) is 12.3. The van der Waals surface area contributed by atoms with Gasteiger partial charge < -0.3 is 37.6 Å². The van der Waals surface area contributed by atoms with E-state index in [1.165, 1.54) is 0 Å². The molecule has 4 amide bonds. The highest BCUT2D eigenvalue weighted by atomic mass is 16.4. The topological polar surface area (TPSA) is 231 Å². The third-order valence-electron chi connectivity index (χ3n) is 2.94. The van der Waals surface area contributed by atoms with Gasteiger partial charge in [-0.1, -0.05) is 0 Å². The molecule has 0 heterocycles. The van der Waals surface area contributed by atoms with Gasteiger partial charge in [0.1, 0.15) is 18.6 Å². The molecular formula is C13H21N5O8. The van der Waals surface area contributed by atoms with E-state index in [9.17, 15) is 28.8 Å². The summed E-state index contributed by atoms with van der Waals surface area (Å²) in [5.41, 5.74) is 10.1. The van der Waals surface area contributed by atoms with E-state index in [-0.39, 0.29) is 6.42 Å². The maximum absolute atomic E-state index is 12.2. The van der Waals surface area contributed by atoms with Crippen LogP contribution in [-0.4, -0.2) is 71.0 Å². The number of carbonyl (C=O) groups is 6. The predicted octanol–water partition coefficient (Wildman–Crippen LogP) is -4.14. The maximum Gasteiger partial charge on any atom is 0.322 e. The van der Waals surface area contributed by atoms with E-state index >= 15 is 0 Å². The second-order valence-corrected chi connectivity index (χ2v) is 5.10. The van der Waals surface area contributed by atoms with Gasteiger partial charge in [-0.15, -0.1) is 0 Å². The monoisotopic (exact) mass is 375 g/mol. The third kappa shape index (κ3) is 9.82. The molecule has 26 heavy (non-hydrogen) atoms. The van der Waals surface area contributed by atoms with Gasteiger partial charge in [0.05, 0.1) is 13.0 Å². The van der Waals surface area contributed by atoms with Crippen LogP contribution in [0.25, 0.3) is 0 Å². The summed E-state index contributed by atoms with van der Waals surface area (Å²) in [5, 5.41) is 23.5. The highest BCUT2D eigenvalue weighted by molar-refractivity contribution is 5.95. The highest BCUT2D eigenvalue weighted by Crippen LogP contribution is 2.01. The molecule has 0 bridgehead atoms. The number of aliphatic carboxylic acids is 2. The van der Waals surface area contributed by atoms with Crippen molar-refractivity contribution >= 4 is 35.6 Å². The van der Waals surface area contributed by atoms with Crippen LogP contribution >= 0.6 is 0 Å². The lowest BCUT2D eigenvalue weighted by atomic mass is 10.1. The van der Waals surface area contributed by atoms with Gasteiger partial charge in [-0.25, -0.2) is 0 Å². The third-order valence-corrected chi connectivity index (χ3v) is 2.94. The Balaban J connectivity index is 5.12. The van der Waals surface area contributed by atoms with Crippen LogP contribution in [0.15, 0.2) is 0 Å². The number of nitrogens with one attached hydrogen (secondary N) is 3. The summed E-state index contributed by atoms with van der Waals surface area (Å²) < 4.78 is 0. The number of carboxylic acid groups (broad SMARTS) is 2. The Morgan fingerprint density at radius 2 is 1.50 bits per heavy atom. The van der Waals surface area contributed by atoms with Crippen LogP contribution in [0.1, 0.15) is 19.3 Å². The first kappa shape index (κ1) is 22.8. The van der Waals surface area contributed by atoms with Crippen molar-refractivity contribution < 1.29 is 39.0 Å². The molecule has 0 aliphatic rings. The Hall–Kier alpha value is -3.22. The molecular weight excluding hydrogens is 354 g/mol. The number of amides is 4. The standard InChI is InChI=1S/C13H21N5O8/c14-4-9(20)17-6(1-2-10(21)22)13(26)18-7(3-8(15)19)12(25)16-5-11(23)24/h6-7H,1-5,14H2,(H2,15,19)(H,16,25)(H,17,20)(H,18,26)(H,21,22)(H,23,24). The number of carboxylic acids is 2. The molecule has 13 heteroatoms. The van der Waals surface area contributed by atoms with Crippen molar-refractivity contribution in [1.29, 1.82) is 0 Å². The minimum atomic E-state index is -1.50. The lowest BCUT2D eigenvalue weighted by molar-refractivity contribution is -0.138. The fourth-order valence-electron chi connectivity index (χ4n) is 1.76. The fourth-order valence-corrected chi connectivity index (χ4v) is 1.76. The van der Waals surface area contributed by atoms with Crippen molar-refractivity contribution in [1.82, 2.24) is 16.0 Å². The van der Waals surface area contributed by atoms with Crippen molar-refractivity contribution in [3.05, 3.63) is 0 Å². The summed E-state index contributed by atoms with van der Waals surface area (Å²) in [6.45, 7) is -1.21. The van der Waals surface area contributed by atoms with Crippen molar-refractivity contribution in [2.45, 2.75) is 31.3 Å². The summed E-state index contributed by atoms with van der Waals surface area (Å²) in [5.74, 6) is -6.20. The number of carbonyl (C=O) groups excluding carboxylic acids is 4.